The summed E-state index contributed by atoms with van der Waals surface area (Å²) in [4.78, 5) is 23.1. The molecule has 1 rings (SSSR count). The number of hydrogen-bond donors (Lipinski definition) is 1. The van der Waals surface area contributed by atoms with Gasteiger partial charge in [-0.2, -0.15) is 0 Å². The second kappa shape index (κ2) is 7.16. The van der Waals surface area contributed by atoms with E-state index < -0.39 is 11.7 Å². The number of nitrogens with one attached hydrogen (secondary N) is 1. The zero-order chi connectivity index (χ0) is 14.3. The van der Waals surface area contributed by atoms with E-state index in [1.165, 1.54) is 18.3 Å². The molecule has 0 fully saturated rings. The molecule has 0 radical (unpaired) electrons. The molecule has 1 heterocycles. The highest BCUT2D eigenvalue weighted by atomic mass is 32.1. The molecule has 102 valence electrons. The lowest BCUT2D eigenvalue weighted by atomic mass is 10.2. The topological polar surface area (TPSA) is 55.4 Å². The molecule has 0 unspecified atom stereocenters. The van der Waals surface area contributed by atoms with Gasteiger partial charge in [-0.05, 0) is 33.8 Å². The van der Waals surface area contributed by atoms with Crippen LogP contribution in [0.15, 0.2) is 11.4 Å². The van der Waals surface area contributed by atoms with Crippen molar-refractivity contribution in [3.63, 3.8) is 0 Å². The molecule has 0 aliphatic heterocycles. The molecule has 1 N–H and O–H groups in total. The van der Waals surface area contributed by atoms with Crippen LogP contribution in [-0.4, -0.2) is 17.5 Å². The summed E-state index contributed by atoms with van der Waals surface area (Å²) >= 11 is 1.30. The van der Waals surface area contributed by atoms with Gasteiger partial charge in [0, 0.05) is 5.38 Å². The summed E-state index contributed by atoms with van der Waals surface area (Å²) in [5.74, 6) is -0.0118. The van der Waals surface area contributed by atoms with Gasteiger partial charge in [0.1, 0.15) is 5.60 Å². The summed E-state index contributed by atoms with van der Waals surface area (Å²) in [6.07, 6.45) is -0.514. The van der Waals surface area contributed by atoms with Gasteiger partial charge in [0.25, 0.3) is 0 Å². The fourth-order valence-corrected chi connectivity index (χ4v) is 1.75. The van der Waals surface area contributed by atoms with E-state index in [1.54, 1.807) is 32.2 Å². The smallest absolute Gasteiger partial charge is 0.412 e. The number of ketones is 1. The summed E-state index contributed by atoms with van der Waals surface area (Å²) in [6, 6.07) is 1.64. The lowest BCUT2D eigenvalue weighted by Crippen LogP contribution is -2.27. The van der Waals surface area contributed by atoms with Crippen molar-refractivity contribution in [2.24, 2.45) is 0 Å². The van der Waals surface area contributed by atoms with E-state index in [-0.39, 0.29) is 5.78 Å². The fraction of sp³-hybridized carbons (Fsp3) is 0.538. The molecule has 0 bridgehead atoms. The van der Waals surface area contributed by atoms with Crippen molar-refractivity contribution in [2.45, 2.75) is 47.1 Å². The maximum atomic E-state index is 11.4. The van der Waals surface area contributed by atoms with Crippen LogP contribution in [-0.2, 0) is 4.74 Å². The molecule has 1 aromatic heterocycles. The summed E-state index contributed by atoms with van der Waals surface area (Å²) in [7, 11) is 0. The van der Waals surface area contributed by atoms with Crippen LogP contribution < -0.4 is 5.32 Å². The number of rotatable bonds is 2. The van der Waals surface area contributed by atoms with Crippen LogP contribution in [0, 0.1) is 0 Å². The molecule has 0 aliphatic rings. The van der Waals surface area contributed by atoms with Gasteiger partial charge in [-0.3, -0.25) is 10.1 Å². The number of ether oxygens (including phenoxy) is 1. The van der Waals surface area contributed by atoms with Crippen molar-refractivity contribution in [1.29, 1.82) is 0 Å². The van der Waals surface area contributed by atoms with E-state index in [2.05, 4.69) is 5.32 Å². The highest BCUT2D eigenvalue weighted by Crippen LogP contribution is 2.20. The minimum atomic E-state index is -0.524. The lowest BCUT2D eigenvalue weighted by molar-refractivity contribution is 0.0635. The summed E-state index contributed by atoms with van der Waals surface area (Å²) in [5, 5.41) is 4.28. The molecule has 0 aromatic carbocycles. The minimum Gasteiger partial charge on any atom is -0.444 e. The van der Waals surface area contributed by atoms with Crippen molar-refractivity contribution >= 4 is 28.9 Å². The van der Waals surface area contributed by atoms with Gasteiger partial charge in [-0.1, -0.05) is 13.8 Å². The fourth-order valence-electron chi connectivity index (χ4n) is 1.01. The number of anilines is 1. The number of thiophene rings is 1. The van der Waals surface area contributed by atoms with E-state index in [4.69, 9.17) is 4.74 Å². The number of carbonyl (C=O) groups is 2. The first-order chi connectivity index (χ1) is 8.28. The van der Waals surface area contributed by atoms with Gasteiger partial charge in [0.2, 0.25) is 0 Å². The Hall–Kier alpha value is -1.36. The average Bonchev–Trinajstić information content (AvgIpc) is 2.66. The third kappa shape index (κ3) is 6.39. The van der Waals surface area contributed by atoms with Crippen LogP contribution in [0.3, 0.4) is 0 Å². The van der Waals surface area contributed by atoms with Crippen LogP contribution in [0.4, 0.5) is 10.5 Å². The van der Waals surface area contributed by atoms with Gasteiger partial charge in [-0.15, -0.1) is 11.3 Å². The molecule has 0 aliphatic carbocycles. The lowest BCUT2D eigenvalue weighted by Gasteiger charge is -2.19. The first-order valence-electron chi connectivity index (χ1n) is 5.87. The van der Waals surface area contributed by atoms with Crippen LogP contribution in [0.25, 0.3) is 0 Å². The molecule has 5 heteroatoms. The van der Waals surface area contributed by atoms with E-state index in [1.807, 2.05) is 13.8 Å². The Morgan fingerprint density at radius 2 is 1.83 bits per heavy atom. The van der Waals surface area contributed by atoms with Gasteiger partial charge in [0.15, 0.2) is 5.78 Å². The maximum absolute atomic E-state index is 11.4. The van der Waals surface area contributed by atoms with Crippen molar-refractivity contribution in [3.05, 3.63) is 16.3 Å². The van der Waals surface area contributed by atoms with Crippen molar-refractivity contribution < 1.29 is 14.3 Å². The van der Waals surface area contributed by atoms with E-state index in [0.29, 0.717) is 10.6 Å². The Balaban J connectivity index is 0.00000137. The Morgan fingerprint density at radius 3 is 2.22 bits per heavy atom. The highest BCUT2D eigenvalue weighted by molar-refractivity contribution is 7.12. The third-order valence-corrected chi connectivity index (χ3v) is 2.62. The number of hydrogen-bond acceptors (Lipinski definition) is 4. The zero-order valence-corrected chi connectivity index (χ0v) is 12.6. The molecule has 0 saturated heterocycles. The highest BCUT2D eigenvalue weighted by Gasteiger charge is 2.16. The van der Waals surface area contributed by atoms with Crippen molar-refractivity contribution in [1.82, 2.24) is 0 Å². The largest absolute Gasteiger partial charge is 0.444 e. The molecule has 0 atom stereocenters. The van der Waals surface area contributed by atoms with Crippen LogP contribution in [0.2, 0.25) is 0 Å². The van der Waals surface area contributed by atoms with E-state index in [9.17, 15) is 9.59 Å². The summed E-state index contributed by atoms with van der Waals surface area (Å²) in [5.41, 5.74) is 0.0632. The third-order valence-electron chi connectivity index (χ3n) is 1.59. The first-order valence-corrected chi connectivity index (χ1v) is 6.75. The van der Waals surface area contributed by atoms with Crippen molar-refractivity contribution in [3.8, 4) is 0 Å². The number of amides is 1. The first kappa shape index (κ1) is 16.6. The van der Waals surface area contributed by atoms with Gasteiger partial charge in [0.05, 0.1) is 10.6 Å². The number of Topliss-reactive ketones (excluding diaryl/α,β-unsaturated/α-hetero) is 1. The quantitative estimate of drug-likeness (QED) is 0.815. The second-order valence-corrected chi connectivity index (χ2v) is 5.29. The summed E-state index contributed by atoms with van der Waals surface area (Å²) < 4.78 is 5.08. The Kier molecular flexibility index (Phi) is 6.62. The van der Waals surface area contributed by atoms with Crippen LogP contribution in [0.1, 0.15) is 51.2 Å². The minimum absolute atomic E-state index is 0.0118. The zero-order valence-electron chi connectivity index (χ0n) is 11.8. The molecule has 18 heavy (non-hydrogen) atoms. The summed E-state index contributed by atoms with van der Waals surface area (Å²) in [6.45, 7) is 10.9. The molecule has 1 amide bonds. The van der Waals surface area contributed by atoms with E-state index >= 15 is 0 Å². The van der Waals surface area contributed by atoms with Gasteiger partial charge in [-0.25, -0.2) is 4.79 Å². The molecule has 0 spiro atoms. The van der Waals surface area contributed by atoms with Gasteiger partial charge < -0.3 is 4.74 Å². The number of carbonyl (C=O) groups excluding carboxylic acids is 2. The predicted octanol–water partition coefficient (Wildman–Crippen LogP) is 4.32. The van der Waals surface area contributed by atoms with Gasteiger partial charge >= 0.3 is 6.09 Å². The molecule has 0 saturated carbocycles. The van der Waals surface area contributed by atoms with Crippen molar-refractivity contribution in [2.75, 3.05) is 5.32 Å². The SMILES string of the molecule is CC.CC(=O)c1cc(NC(=O)OC(C)(C)C)cs1. The van der Waals surface area contributed by atoms with E-state index in [0.717, 1.165) is 0 Å². The normalized spacial score (nSPS) is 10.1. The van der Waals surface area contributed by atoms with Crippen LogP contribution >= 0.6 is 11.3 Å². The Labute approximate surface area is 112 Å². The molecule has 1 aromatic rings. The Bertz CT molecular complexity index is 405. The molecular weight excluding hydrogens is 250 g/mol. The Morgan fingerprint density at radius 1 is 1.28 bits per heavy atom. The van der Waals surface area contributed by atoms with Crippen LogP contribution in [0.5, 0.6) is 0 Å². The predicted molar refractivity (Wildman–Crippen MR) is 75.5 cm³/mol. The average molecular weight is 271 g/mol. The monoisotopic (exact) mass is 271 g/mol. The second-order valence-electron chi connectivity index (χ2n) is 4.38. The standard InChI is InChI=1S/C11H15NO3S.C2H6/c1-7(13)9-5-8(6-16-9)12-10(14)15-11(2,3)4;1-2/h5-6H,1-4H3,(H,12,14);1-2H3. The molecule has 4 nitrogen and oxygen atoms in total. The maximum Gasteiger partial charge on any atom is 0.412 e. The molecular formula is C13H21NO3S.